The van der Waals surface area contributed by atoms with Crippen LogP contribution >= 0.6 is 0 Å². The molecule has 1 N–H and O–H groups in total. The van der Waals surface area contributed by atoms with Gasteiger partial charge in [0.1, 0.15) is 23.1 Å². The van der Waals surface area contributed by atoms with Crippen LogP contribution in [0.1, 0.15) is 63.4 Å². The van der Waals surface area contributed by atoms with Crippen LogP contribution in [0, 0.1) is 0 Å². The van der Waals surface area contributed by atoms with Crippen LogP contribution in [0.4, 0.5) is 8.78 Å². The standard InChI is InChI=1S/C30H35F2N5O3S/c1-3-19-40-20(2)28-34-25-26(37(28)22-11-9-21(10-12-22)36-17-14-30(31,32)15-18-36)24-13-16-33-27(24)35-29(25)41(38,39)23-7-5-4-6-8-23/h3-8,13,16,20-22H,1,9-12,14-15,17-19H2,2H3,(H,33,35)/t20-,21?,22?/m1/s1. The lowest BCUT2D eigenvalue weighted by atomic mass is 9.88. The number of halogens is 2. The zero-order valence-electron chi connectivity index (χ0n) is 23.1. The van der Waals surface area contributed by atoms with Gasteiger partial charge < -0.3 is 14.3 Å². The van der Waals surface area contributed by atoms with Gasteiger partial charge in [0.25, 0.3) is 5.92 Å². The second-order valence-electron chi connectivity index (χ2n) is 11.1. The van der Waals surface area contributed by atoms with Crippen molar-refractivity contribution >= 4 is 31.9 Å². The minimum Gasteiger partial charge on any atom is -0.367 e. The number of ether oxygens (including phenoxy) is 1. The number of fused-ring (bicyclic) bond motifs is 3. The molecule has 218 valence electrons. The maximum atomic E-state index is 13.9. The van der Waals surface area contributed by atoms with Gasteiger partial charge in [-0.3, -0.25) is 4.90 Å². The Hall–Kier alpha value is -3.15. The summed E-state index contributed by atoms with van der Waals surface area (Å²) in [6.45, 7) is 6.84. The molecule has 3 aromatic heterocycles. The van der Waals surface area contributed by atoms with Crippen LogP contribution in [0.15, 0.2) is 65.2 Å². The number of nitrogens with zero attached hydrogens (tertiary/aromatic N) is 4. The minimum absolute atomic E-state index is 0.0417. The first-order chi connectivity index (χ1) is 19.7. The summed E-state index contributed by atoms with van der Waals surface area (Å²) in [6.07, 6.45) is 6.21. The number of aromatic nitrogens is 4. The zero-order valence-corrected chi connectivity index (χ0v) is 23.9. The van der Waals surface area contributed by atoms with Crippen molar-refractivity contribution < 1.29 is 21.9 Å². The smallest absolute Gasteiger partial charge is 0.250 e. The van der Waals surface area contributed by atoms with Crippen LogP contribution in [0.25, 0.3) is 22.1 Å². The summed E-state index contributed by atoms with van der Waals surface area (Å²) >= 11 is 0. The number of likely N-dealkylation sites (tertiary alicyclic amines) is 1. The third-order valence-corrected chi connectivity index (χ3v) is 10.2. The molecule has 4 aromatic rings. The van der Waals surface area contributed by atoms with Crippen molar-refractivity contribution in [3.05, 3.63) is 61.1 Å². The Labute approximate surface area is 238 Å². The largest absolute Gasteiger partial charge is 0.367 e. The topological polar surface area (TPSA) is 93.1 Å². The van der Waals surface area contributed by atoms with Gasteiger partial charge >= 0.3 is 0 Å². The van der Waals surface area contributed by atoms with Gasteiger partial charge in [-0.15, -0.1) is 6.58 Å². The number of pyridine rings is 1. The molecular weight excluding hydrogens is 548 g/mol. The highest BCUT2D eigenvalue weighted by molar-refractivity contribution is 7.91. The molecular formula is C30H35F2N5O3S. The summed E-state index contributed by atoms with van der Waals surface area (Å²) in [5, 5.41) is 0.703. The van der Waals surface area contributed by atoms with Gasteiger partial charge in [0.15, 0.2) is 5.03 Å². The predicted octanol–water partition coefficient (Wildman–Crippen LogP) is 6.22. The number of hydrogen-bond acceptors (Lipinski definition) is 6. The first-order valence-corrected chi connectivity index (χ1v) is 15.7. The molecule has 2 fully saturated rings. The van der Waals surface area contributed by atoms with E-state index in [9.17, 15) is 17.2 Å². The zero-order chi connectivity index (χ0) is 28.8. The van der Waals surface area contributed by atoms with Crippen LogP contribution in [0.5, 0.6) is 0 Å². The summed E-state index contributed by atoms with van der Waals surface area (Å²) in [4.78, 5) is 15.0. The van der Waals surface area contributed by atoms with E-state index in [0.29, 0.717) is 36.7 Å². The first kappa shape index (κ1) is 28.0. The van der Waals surface area contributed by atoms with E-state index in [1.165, 1.54) is 0 Å². The Morgan fingerprint density at radius 3 is 2.46 bits per heavy atom. The molecule has 8 nitrogen and oxygen atoms in total. The average molecular weight is 584 g/mol. The molecule has 2 aliphatic rings. The third-order valence-electron chi connectivity index (χ3n) is 8.55. The molecule has 0 radical (unpaired) electrons. The monoisotopic (exact) mass is 583 g/mol. The summed E-state index contributed by atoms with van der Waals surface area (Å²) < 4.78 is 63.5. The molecule has 1 aromatic carbocycles. The fourth-order valence-electron chi connectivity index (χ4n) is 6.39. The third kappa shape index (κ3) is 5.19. The maximum absolute atomic E-state index is 13.9. The maximum Gasteiger partial charge on any atom is 0.250 e. The number of hydrogen-bond donors (Lipinski definition) is 1. The van der Waals surface area contributed by atoms with E-state index in [-0.39, 0.29) is 34.8 Å². The molecule has 11 heteroatoms. The van der Waals surface area contributed by atoms with E-state index in [1.54, 1.807) is 42.6 Å². The molecule has 1 saturated heterocycles. The van der Waals surface area contributed by atoms with Crippen molar-refractivity contribution in [2.24, 2.45) is 0 Å². The summed E-state index contributed by atoms with van der Waals surface area (Å²) in [5.41, 5.74) is 1.52. The lowest BCUT2D eigenvalue weighted by molar-refractivity contribution is -0.0665. The molecule has 1 aliphatic heterocycles. The number of sulfone groups is 1. The molecule has 0 unspecified atom stereocenters. The summed E-state index contributed by atoms with van der Waals surface area (Å²) in [5.74, 6) is -1.92. The minimum atomic E-state index is -3.98. The normalized spacial score (nSPS) is 22.7. The molecule has 1 saturated carbocycles. The summed E-state index contributed by atoms with van der Waals surface area (Å²) in [6, 6.07) is 10.5. The number of rotatable bonds is 8. The number of aromatic amines is 1. The van der Waals surface area contributed by atoms with Gasteiger partial charge in [0.05, 0.1) is 17.0 Å². The Kier molecular flexibility index (Phi) is 7.46. The second-order valence-corrected chi connectivity index (χ2v) is 13.0. The van der Waals surface area contributed by atoms with E-state index in [2.05, 4.69) is 26.0 Å². The number of nitrogens with one attached hydrogen (secondary N) is 1. The number of alkyl halides is 2. The quantitative estimate of drug-likeness (QED) is 0.248. The van der Waals surface area contributed by atoms with E-state index < -0.39 is 21.9 Å². The molecule has 4 heterocycles. The molecule has 0 bridgehead atoms. The van der Waals surface area contributed by atoms with E-state index in [0.717, 1.165) is 36.6 Å². The van der Waals surface area contributed by atoms with Gasteiger partial charge in [-0.2, -0.15) is 0 Å². The molecule has 0 spiro atoms. The Morgan fingerprint density at radius 2 is 1.78 bits per heavy atom. The van der Waals surface area contributed by atoms with E-state index in [4.69, 9.17) is 9.72 Å². The predicted molar refractivity (Wildman–Crippen MR) is 153 cm³/mol. The SMILES string of the molecule is C=CCO[C@H](C)c1nc2c(S(=O)(=O)c3ccccc3)nc3[nH]ccc3c2n1C1CCC(N2CCC(F)(F)CC2)CC1. The Morgan fingerprint density at radius 1 is 1.10 bits per heavy atom. The van der Waals surface area contributed by atoms with Crippen LogP contribution < -0.4 is 0 Å². The van der Waals surface area contributed by atoms with Crippen molar-refractivity contribution in [3.8, 4) is 0 Å². The highest BCUT2D eigenvalue weighted by Crippen LogP contribution is 2.41. The lowest BCUT2D eigenvalue weighted by Gasteiger charge is -2.41. The molecule has 6 rings (SSSR count). The van der Waals surface area contributed by atoms with Crippen LogP contribution in [0.2, 0.25) is 0 Å². The molecule has 1 atom stereocenters. The van der Waals surface area contributed by atoms with Crippen molar-refractivity contribution in [1.29, 1.82) is 0 Å². The number of H-pyrrole nitrogens is 1. The van der Waals surface area contributed by atoms with Crippen LogP contribution in [0.3, 0.4) is 0 Å². The van der Waals surface area contributed by atoms with Crippen molar-refractivity contribution in [3.63, 3.8) is 0 Å². The van der Waals surface area contributed by atoms with Crippen LogP contribution in [-0.4, -0.2) is 64.5 Å². The van der Waals surface area contributed by atoms with Gasteiger partial charge in [-0.05, 0) is 50.8 Å². The highest BCUT2D eigenvalue weighted by atomic mass is 32.2. The first-order valence-electron chi connectivity index (χ1n) is 14.2. The van der Waals surface area contributed by atoms with Gasteiger partial charge in [-0.1, -0.05) is 24.3 Å². The van der Waals surface area contributed by atoms with Crippen molar-refractivity contribution in [1.82, 2.24) is 24.4 Å². The lowest BCUT2D eigenvalue weighted by Crippen LogP contribution is -2.46. The molecule has 0 amide bonds. The van der Waals surface area contributed by atoms with Crippen molar-refractivity contribution in [2.75, 3.05) is 19.7 Å². The van der Waals surface area contributed by atoms with E-state index in [1.807, 2.05) is 13.0 Å². The number of benzene rings is 1. The van der Waals surface area contributed by atoms with Gasteiger partial charge in [0, 0.05) is 49.6 Å². The highest BCUT2D eigenvalue weighted by Gasteiger charge is 2.38. The fraction of sp³-hybridized carbons (Fsp3) is 0.467. The number of imidazole rings is 1. The molecule has 1 aliphatic carbocycles. The van der Waals surface area contributed by atoms with Crippen LogP contribution in [-0.2, 0) is 14.6 Å². The average Bonchev–Trinajstić information content (AvgIpc) is 3.61. The summed E-state index contributed by atoms with van der Waals surface area (Å²) in [7, 11) is -3.98. The van der Waals surface area contributed by atoms with Crippen molar-refractivity contribution in [2.45, 2.75) is 79.5 Å². The fourth-order valence-corrected chi connectivity index (χ4v) is 7.74. The molecule has 41 heavy (non-hydrogen) atoms. The second kappa shape index (κ2) is 10.9. The van der Waals surface area contributed by atoms with Gasteiger partial charge in [0.2, 0.25) is 9.84 Å². The Balaban J connectivity index is 1.44. The Bertz CT molecular complexity index is 1650. The van der Waals surface area contributed by atoms with Gasteiger partial charge in [-0.25, -0.2) is 27.2 Å². The number of piperidine rings is 1. The van der Waals surface area contributed by atoms with E-state index >= 15 is 0 Å².